The smallest absolute Gasteiger partial charge is 0.0543 e. The third-order valence-electron chi connectivity index (χ3n) is 3.29. The summed E-state index contributed by atoms with van der Waals surface area (Å²) in [5.74, 6) is 0.703. The molecule has 3 unspecified atom stereocenters. The molecule has 1 fully saturated rings. The largest absolute Gasteiger partial charge is 0.382 e. The third kappa shape index (κ3) is 4.49. The molecule has 15 heavy (non-hydrogen) atoms. The Hall–Kier alpha value is -0.120. The van der Waals surface area contributed by atoms with Crippen molar-refractivity contribution in [1.82, 2.24) is 5.32 Å². The molecule has 3 atom stereocenters. The van der Waals surface area contributed by atoms with Gasteiger partial charge in [-0.3, -0.25) is 0 Å². The van der Waals surface area contributed by atoms with Crippen LogP contribution in [-0.4, -0.2) is 39.0 Å². The van der Waals surface area contributed by atoms with Crippen LogP contribution in [-0.2, 0) is 9.47 Å². The van der Waals surface area contributed by atoms with Gasteiger partial charge in [0.25, 0.3) is 0 Å². The van der Waals surface area contributed by atoms with Crippen LogP contribution in [0.4, 0.5) is 0 Å². The van der Waals surface area contributed by atoms with Crippen molar-refractivity contribution >= 4 is 0 Å². The summed E-state index contributed by atoms with van der Waals surface area (Å²) in [6.45, 7) is 7.21. The predicted molar refractivity (Wildman–Crippen MR) is 62.1 cm³/mol. The first-order chi connectivity index (χ1) is 7.27. The van der Waals surface area contributed by atoms with Crippen LogP contribution in [0.2, 0.25) is 0 Å². The molecule has 0 radical (unpaired) electrons. The molecule has 1 rings (SSSR count). The third-order valence-corrected chi connectivity index (χ3v) is 3.29. The summed E-state index contributed by atoms with van der Waals surface area (Å²) in [5.41, 5.74) is 0. The summed E-state index contributed by atoms with van der Waals surface area (Å²) >= 11 is 0. The van der Waals surface area contributed by atoms with Gasteiger partial charge in [-0.15, -0.1) is 0 Å². The minimum absolute atomic E-state index is 0.369. The van der Waals surface area contributed by atoms with Crippen molar-refractivity contribution in [2.75, 3.05) is 26.9 Å². The Morgan fingerprint density at radius 1 is 1.47 bits per heavy atom. The predicted octanol–water partition coefficient (Wildman–Crippen LogP) is 1.82. The van der Waals surface area contributed by atoms with Crippen molar-refractivity contribution in [3.05, 3.63) is 0 Å². The minimum Gasteiger partial charge on any atom is -0.382 e. The molecule has 1 aliphatic rings. The molecule has 0 aromatic rings. The maximum absolute atomic E-state index is 5.45. The van der Waals surface area contributed by atoms with E-state index in [2.05, 4.69) is 19.2 Å². The van der Waals surface area contributed by atoms with E-state index in [1.165, 1.54) is 12.8 Å². The van der Waals surface area contributed by atoms with Crippen LogP contribution in [0.25, 0.3) is 0 Å². The lowest BCUT2D eigenvalue weighted by Gasteiger charge is -2.24. The molecule has 1 N–H and O–H groups in total. The lowest BCUT2D eigenvalue weighted by Crippen LogP contribution is -2.37. The van der Waals surface area contributed by atoms with E-state index >= 15 is 0 Å². The molecule has 3 heteroatoms. The average molecular weight is 215 g/mol. The van der Waals surface area contributed by atoms with Crippen molar-refractivity contribution in [3.63, 3.8) is 0 Å². The van der Waals surface area contributed by atoms with Crippen molar-refractivity contribution < 1.29 is 9.47 Å². The van der Waals surface area contributed by atoms with E-state index in [4.69, 9.17) is 9.47 Å². The Morgan fingerprint density at radius 2 is 2.27 bits per heavy atom. The summed E-state index contributed by atoms with van der Waals surface area (Å²) in [6, 6.07) is 0.607. The number of rotatable bonds is 7. The van der Waals surface area contributed by atoms with Crippen LogP contribution >= 0.6 is 0 Å². The van der Waals surface area contributed by atoms with Gasteiger partial charge < -0.3 is 14.8 Å². The Morgan fingerprint density at radius 3 is 2.80 bits per heavy atom. The summed E-state index contributed by atoms with van der Waals surface area (Å²) in [6.07, 6.45) is 3.90. The number of methoxy groups -OCH3 is 1. The Bertz CT molecular complexity index is 158. The van der Waals surface area contributed by atoms with Gasteiger partial charge in [0.05, 0.1) is 12.7 Å². The Kier molecular flexibility index (Phi) is 6.22. The molecule has 1 aliphatic heterocycles. The first kappa shape index (κ1) is 12.9. The van der Waals surface area contributed by atoms with Gasteiger partial charge in [-0.05, 0) is 38.6 Å². The average Bonchev–Trinajstić information content (AvgIpc) is 2.76. The van der Waals surface area contributed by atoms with Gasteiger partial charge in [-0.1, -0.05) is 6.92 Å². The van der Waals surface area contributed by atoms with E-state index in [1.54, 1.807) is 7.11 Å². The highest BCUT2D eigenvalue weighted by Crippen LogP contribution is 2.20. The normalized spacial score (nSPS) is 25.4. The second kappa shape index (κ2) is 7.20. The molecule has 0 aliphatic carbocycles. The molecular weight excluding hydrogens is 190 g/mol. The van der Waals surface area contributed by atoms with E-state index in [-0.39, 0.29) is 0 Å². The zero-order valence-corrected chi connectivity index (χ0v) is 10.3. The number of nitrogens with one attached hydrogen (secondary N) is 1. The minimum atomic E-state index is 0.369. The van der Waals surface area contributed by atoms with E-state index in [0.29, 0.717) is 18.1 Å². The molecule has 0 spiro atoms. The van der Waals surface area contributed by atoms with Crippen LogP contribution in [0.3, 0.4) is 0 Å². The monoisotopic (exact) mass is 215 g/mol. The first-order valence-corrected chi connectivity index (χ1v) is 6.11. The number of hydrogen-bond donors (Lipinski definition) is 1. The first-order valence-electron chi connectivity index (χ1n) is 6.11. The molecular formula is C12H25NO2. The zero-order chi connectivity index (χ0) is 11.1. The topological polar surface area (TPSA) is 30.5 Å². The Labute approximate surface area is 93.5 Å². The lowest BCUT2D eigenvalue weighted by atomic mass is 9.94. The SMILES string of the molecule is CCNC(CCC(C)OC)C1CCOC1. The van der Waals surface area contributed by atoms with Gasteiger partial charge in [-0.2, -0.15) is 0 Å². The lowest BCUT2D eigenvalue weighted by molar-refractivity contribution is 0.102. The zero-order valence-electron chi connectivity index (χ0n) is 10.3. The molecule has 0 amide bonds. The fourth-order valence-corrected chi connectivity index (χ4v) is 2.17. The standard InChI is InChI=1S/C12H25NO2/c1-4-13-12(6-5-10(2)14-3)11-7-8-15-9-11/h10-13H,4-9H2,1-3H3. The van der Waals surface area contributed by atoms with Crippen molar-refractivity contribution in [1.29, 1.82) is 0 Å². The van der Waals surface area contributed by atoms with Crippen LogP contribution in [0.1, 0.15) is 33.1 Å². The van der Waals surface area contributed by atoms with Crippen molar-refractivity contribution in [2.24, 2.45) is 5.92 Å². The molecule has 0 bridgehead atoms. The Balaban J connectivity index is 2.29. The van der Waals surface area contributed by atoms with Gasteiger partial charge >= 0.3 is 0 Å². The van der Waals surface area contributed by atoms with Crippen LogP contribution in [0, 0.1) is 5.92 Å². The van der Waals surface area contributed by atoms with Crippen LogP contribution in [0.15, 0.2) is 0 Å². The van der Waals surface area contributed by atoms with Crippen molar-refractivity contribution in [3.8, 4) is 0 Å². The molecule has 3 nitrogen and oxygen atoms in total. The fraction of sp³-hybridized carbons (Fsp3) is 1.00. The number of ether oxygens (including phenoxy) is 2. The van der Waals surface area contributed by atoms with E-state index < -0.39 is 0 Å². The summed E-state index contributed by atoms with van der Waals surface area (Å²) in [4.78, 5) is 0. The second-order valence-electron chi connectivity index (χ2n) is 4.41. The maximum atomic E-state index is 5.45. The summed E-state index contributed by atoms with van der Waals surface area (Å²) < 4.78 is 10.7. The fourth-order valence-electron chi connectivity index (χ4n) is 2.17. The highest BCUT2D eigenvalue weighted by atomic mass is 16.5. The highest BCUT2D eigenvalue weighted by Gasteiger charge is 2.25. The van der Waals surface area contributed by atoms with Gasteiger partial charge in [0.1, 0.15) is 0 Å². The molecule has 90 valence electrons. The molecule has 1 saturated heterocycles. The molecule has 1 heterocycles. The molecule has 0 aromatic heterocycles. The summed E-state index contributed by atoms with van der Waals surface area (Å²) in [5, 5.41) is 3.57. The quantitative estimate of drug-likeness (QED) is 0.702. The second-order valence-corrected chi connectivity index (χ2v) is 4.41. The van der Waals surface area contributed by atoms with Gasteiger partial charge in [0.15, 0.2) is 0 Å². The van der Waals surface area contributed by atoms with Gasteiger partial charge in [0, 0.05) is 19.8 Å². The van der Waals surface area contributed by atoms with Crippen LogP contribution in [0.5, 0.6) is 0 Å². The van der Waals surface area contributed by atoms with Gasteiger partial charge in [-0.25, -0.2) is 0 Å². The highest BCUT2D eigenvalue weighted by molar-refractivity contribution is 4.79. The van der Waals surface area contributed by atoms with Crippen LogP contribution < -0.4 is 5.32 Å². The summed E-state index contributed by atoms with van der Waals surface area (Å²) in [7, 11) is 1.78. The van der Waals surface area contributed by atoms with E-state index in [9.17, 15) is 0 Å². The van der Waals surface area contributed by atoms with Gasteiger partial charge in [0.2, 0.25) is 0 Å². The van der Waals surface area contributed by atoms with Crippen molar-refractivity contribution in [2.45, 2.75) is 45.3 Å². The molecule has 0 aromatic carbocycles. The maximum Gasteiger partial charge on any atom is 0.0543 e. The van der Waals surface area contributed by atoms with E-state index in [1.807, 2.05) is 0 Å². The van der Waals surface area contributed by atoms with E-state index in [0.717, 1.165) is 26.2 Å². The number of hydrogen-bond acceptors (Lipinski definition) is 3. The molecule has 0 saturated carbocycles.